The number of aliphatic hydroxyl groups is 2. The maximum atomic E-state index is 14.3. The highest BCUT2D eigenvalue weighted by Crippen LogP contribution is 2.62. The van der Waals surface area contributed by atoms with E-state index < -0.39 is 23.8 Å². The van der Waals surface area contributed by atoms with Crippen molar-refractivity contribution in [3.05, 3.63) is 114 Å². The number of carbonyl (C=O) groups is 2. The van der Waals surface area contributed by atoms with E-state index >= 15 is 0 Å². The molecule has 1 fully saturated rings. The number of benzene rings is 3. The topological polar surface area (TPSA) is 136 Å². The van der Waals surface area contributed by atoms with Gasteiger partial charge in [0, 0.05) is 43.7 Å². The van der Waals surface area contributed by atoms with E-state index in [0.717, 1.165) is 67.9 Å². The van der Waals surface area contributed by atoms with Crippen LogP contribution in [0.5, 0.6) is 17.2 Å². The van der Waals surface area contributed by atoms with E-state index in [1.165, 1.54) is 44.9 Å². The average molecular weight is 907 g/mol. The Bertz CT molecular complexity index is 2040. The first-order valence-corrected chi connectivity index (χ1v) is 24.7. The molecule has 1 aliphatic heterocycles. The number of carbonyl (C=O) groups excluding carboxylic acids is 2. The zero-order chi connectivity index (χ0) is 46.6. The molecule has 1 heterocycles. The van der Waals surface area contributed by atoms with Gasteiger partial charge in [-0.2, -0.15) is 0 Å². The summed E-state index contributed by atoms with van der Waals surface area (Å²) >= 11 is 0. The third-order valence-electron chi connectivity index (χ3n) is 13.6. The molecule has 2 aliphatic carbocycles. The SMILES string of the molecule is C=CCOC12Oc3ccc(Oc4cccc(C=O)c4)cc3C3C(CCCCO)C(CCCCO)C=C(C(=NOCc4ccccc4)CC1N(C)C(=O)OCCCCCCCCCCCC)C32. The number of rotatable bonds is 29. The van der Waals surface area contributed by atoms with Crippen molar-refractivity contribution in [2.75, 3.05) is 33.5 Å². The Labute approximate surface area is 393 Å². The van der Waals surface area contributed by atoms with Crippen molar-refractivity contribution in [3.63, 3.8) is 0 Å². The first kappa shape index (κ1) is 50.4. The van der Waals surface area contributed by atoms with Crippen LogP contribution in [0.25, 0.3) is 0 Å². The first-order valence-electron chi connectivity index (χ1n) is 24.7. The lowest BCUT2D eigenvalue weighted by molar-refractivity contribution is -0.253. The van der Waals surface area contributed by atoms with Gasteiger partial charge in [-0.3, -0.25) is 4.79 Å². The van der Waals surface area contributed by atoms with Crippen molar-refractivity contribution in [3.8, 4) is 17.2 Å². The molecule has 0 aromatic heterocycles. The smallest absolute Gasteiger partial charge is 0.409 e. The Morgan fingerprint density at radius 3 is 2.29 bits per heavy atom. The summed E-state index contributed by atoms with van der Waals surface area (Å²) in [5, 5.41) is 24.8. The summed E-state index contributed by atoms with van der Waals surface area (Å²) in [6, 6.07) is 22.1. The van der Waals surface area contributed by atoms with Gasteiger partial charge in [0.2, 0.25) is 5.79 Å². The molecule has 6 unspecified atom stereocenters. The number of aldehydes is 1. The second kappa shape index (κ2) is 26.4. The molecule has 66 heavy (non-hydrogen) atoms. The largest absolute Gasteiger partial charge is 0.459 e. The number of likely N-dealkylation sites (N-methyl/N-ethyl adjacent to an activating group) is 1. The molecule has 0 spiro atoms. The molecule has 0 bridgehead atoms. The van der Waals surface area contributed by atoms with Crippen LogP contribution in [0.3, 0.4) is 0 Å². The second-order valence-corrected chi connectivity index (χ2v) is 18.2. The Kier molecular flexibility index (Phi) is 20.2. The lowest BCUT2D eigenvalue weighted by atomic mass is 9.55. The van der Waals surface area contributed by atoms with Crippen molar-refractivity contribution < 1.29 is 43.6 Å². The van der Waals surface area contributed by atoms with Gasteiger partial charge in [0.1, 0.15) is 36.2 Å². The van der Waals surface area contributed by atoms with Gasteiger partial charge in [-0.25, -0.2) is 4.79 Å². The molecule has 2 N–H and O–H groups in total. The number of ether oxygens (including phenoxy) is 4. The molecule has 6 atom stereocenters. The minimum Gasteiger partial charge on any atom is -0.459 e. The summed E-state index contributed by atoms with van der Waals surface area (Å²) < 4.78 is 26.8. The lowest BCUT2D eigenvalue weighted by Gasteiger charge is -2.59. The van der Waals surface area contributed by atoms with Crippen LogP contribution in [0.2, 0.25) is 0 Å². The van der Waals surface area contributed by atoms with Crippen LogP contribution in [-0.4, -0.2) is 78.5 Å². The third kappa shape index (κ3) is 13.1. The first-order chi connectivity index (χ1) is 32.4. The molecule has 1 amide bonds. The second-order valence-electron chi connectivity index (χ2n) is 18.2. The molecule has 11 heteroatoms. The minimum atomic E-state index is -1.40. The van der Waals surface area contributed by atoms with Crippen molar-refractivity contribution in [2.24, 2.45) is 22.9 Å². The maximum absolute atomic E-state index is 14.3. The van der Waals surface area contributed by atoms with Gasteiger partial charge in [0.05, 0.1) is 24.8 Å². The van der Waals surface area contributed by atoms with Crippen LogP contribution in [0.1, 0.15) is 143 Å². The van der Waals surface area contributed by atoms with Crippen LogP contribution in [-0.2, 0) is 20.9 Å². The van der Waals surface area contributed by atoms with Crippen LogP contribution >= 0.6 is 0 Å². The normalized spacial score (nSPS) is 22.3. The van der Waals surface area contributed by atoms with E-state index in [1.807, 2.05) is 54.6 Å². The highest BCUT2D eigenvalue weighted by molar-refractivity contribution is 6.03. The Morgan fingerprint density at radius 2 is 1.58 bits per heavy atom. The number of unbranched alkanes of at least 4 members (excludes halogenated alkanes) is 11. The Morgan fingerprint density at radius 1 is 0.864 bits per heavy atom. The monoisotopic (exact) mass is 907 g/mol. The van der Waals surface area contributed by atoms with Crippen LogP contribution < -0.4 is 9.47 Å². The molecular weight excluding hydrogens is 833 g/mol. The van der Waals surface area contributed by atoms with E-state index in [2.05, 4.69) is 19.6 Å². The van der Waals surface area contributed by atoms with E-state index in [1.54, 1.807) is 36.2 Å². The summed E-state index contributed by atoms with van der Waals surface area (Å²) in [6.07, 6.45) is 21.1. The highest BCUT2D eigenvalue weighted by atomic mass is 16.7. The van der Waals surface area contributed by atoms with E-state index in [-0.39, 0.29) is 50.6 Å². The summed E-state index contributed by atoms with van der Waals surface area (Å²) in [4.78, 5) is 33.8. The predicted molar refractivity (Wildman–Crippen MR) is 259 cm³/mol. The average Bonchev–Trinajstić information content (AvgIpc) is 3.34. The predicted octanol–water partition coefficient (Wildman–Crippen LogP) is 12.1. The van der Waals surface area contributed by atoms with Gasteiger partial charge in [-0.1, -0.05) is 137 Å². The van der Waals surface area contributed by atoms with Crippen molar-refractivity contribution >= 4 is 18.1 Å². The van der Waals surface area contributed by atoms with Gasteiger partial charge in [-0.05, 0) is 85.4 Å². The fourth-order valence-corrected chi connectivity index (χ4v) is 10.3. The van der Waals surface area contributed by atoms with Gasteiger partial charge >= 0.3 is 6.09 Å². The van der Waals surface area contributed by atoms with Gasteiger partial charge in [0.25, 0.3) is 0 Å². The zero-order valence-electron chi connectivity index (χ0n) is 39.5. The molecule has 3 aliphatic rings. The number of hydrogen-bond donors (Lipinski definition) is 2. The molecular formula is C55H74N2O9. The lowest BCUT2D eigenvalue weighted by Crippen LogP contribution is -2.69. The summed E-state index contributed by atoms with van der Waals surface area (Å²) in [7, 11) is 1.76. The van der Waals surface area contributed by atoms with Crippen molar-refractivity contribution in [2.45, 2.75) is 140 Å². The molecule has 1 saturated carbocycles. The van der Waals surface area contributed by atoms with E-state index in [0.29, 0.717) is 48.0 Å². The quantitative estimate of drug-likeness (QED) is 0.0302. The van der Waals surface area contributed by atoms with Crippen LogP contribution in [0.4, 0.5) is 4.79 Å². The number of fused-ring (bicyclic) bond motifs is 2. The van der Waals surface area contributed by atoms with Crippen molar-refractivity contribution in [1.82, 2.24) is 4.90 Å². The van der Waals surface area contributed by atoms with Gasteiger partial charge in [-0.15, -0.1) is 6.58 Å². The number of amides is 1. The number of allylic oxidation sites excluding steroid dienone is 1. The molecule has 3 aromatic carbocycles. The number of oxime groups is 1. The zero-order valence-corrected chi connectivity index (χ0v) is 39.5. The standard InChI is InChI=1S/C55H74N2O9/c1-4-6-7-8-9-10-11-12-13-21-34-62-54(61)57(3)51-38-49(56-64-40-41-23-15-14-16-24-41)47-36-43(26-17-19-31-58)46(28-18-20-32-59)52-48-37-45(65-44-27-22-25-42(35-44)39-60)29-30-50(48)66-55(51,53(47)52)63-33-5-2/h5,14-16,22-25,27,29-30,35-37,39,43,46,51-53,58-59H,2,4,6-13,17-21,26,28,31-34,38,40H2,1,3H3. The summed E-state index contributed by atoms with van der Waals surface area (Å²) in [6.45, 7) is 7.21. The Balaban J connectivity index is 1.39. The van der Waals surface area contributed by atoms with Crippen LogP contribution in [0, 0.1) is 17.8 Å². The van der Waals surface area contributed by atoms with E-state index in [4.69, 9.17) is 28.9 Å². The molecule has 3 aromatic rings. The number of aliphatic hydroxyl groups excluding tert-OH is 2. The minimum absolute atomic E-state index is 0.0471. The molecule has 358 valence electrons. The molecule has 11 nitrogen and oxygen atoms in total. The number of hydrogen-bond acceptors (Lipinski definition) is 10. The van der Waals surface area contributed by atoms with Crippen molar-refractivity contribution in [1.29, 1.82) is 0 Å². The van der Waals surface area contributed by atoms with Gasteiger partial charge < -0.3 is 38.9 Å². The maximum Gasteiger partial charge on any atom is 0.409 e. The third-order valence-corrected chi connectivity index (χ3v) is 13.6. The van der Waals surface area contributed by atoms with Gasteiger partial charge in [0.15, 0.2) is 0 Å². The number of nitrogens with zero attached hydrogens (tertiary/aromatic N) is 2. The fourth-order valence-electron chi connectivity index (χ4n) is 10.3. The van der Waals surface area contributed by atoms with Crippen LogP contribution in [0.15, 0.2) is 102 Å². The fraction of sp³-hybridized carbons (Fsp3) is 0.545. The Hall–Kier alpha value is -4.97. The molecule has 6 rings (SSSR count). The van der Waals surface area contributed by atoms with E-state index in [9.17, 15) is 19.8 Å². The summed E-state index contributed by atoms with van der Waals surface area (Å²) in [5.74, 6) is -0.231. The molecule has 0 saturated heterocycles. The molecule has 0 radical (unpaired) electrons. The highest BCUT2D eigenvalue weighted by Gasteiger charge is 2.65. The summed E-state index contributed by atoms with van der Waals surface area (Å²) in [5.41, 5.74) is 4.08.